The van der Waals surface area contributed by atoms with Crippen molar-refractivity contribution in [3.63, 3.8) is 0 Å². The number of nitrogens with zero attached hydrogens (tertiary/aromatic N) is 10. The normalized spacial score (nSPS) is 15.0. The van der Waals surface area contributed by atoms with E-state index < -0.39 is 21.7 Å². The first-order valence-corrected chi connectivity index (χ1v) is 33.0. The van der Waals surface area contributed by atoms with E-state index in [4.69, 9.17) is 29.9 Å². The van der Waals surface area contributed by atoms with Crippen molar-refractivity contribution in [2.45, 2.75) is 77.0 Å². The number of hydrogen-bond donors (Lipinski definition) is 2. The number of benzene rings is 8. The van der Waals surface area contributed by atoms with Crippen LogP contribution in [0.4, 0.5) is 0 Å². The van der Waals surface area contributed by atoms with Gasteiger partial charge in [-0.05, 0) is 95.1 Å². The van der Waals surface area contributed by atoms with E-state index >= 15 is 0 Å². The van der Waals surface area contributed by atoms with Crippen LogP contribution in [0, 0.1) is 0 Å². The van der Waals surface area contributed by atoms with E-state index in [1.807, 2.05) is 128 Å². The van der Waals surface area contributed by atoms with Crippen LogP contribution in [0.3, 0.4) is 0 Å². The molecular formula is C80H62N12O8. The first-order valence-electron chi connectivity index (χ1n) is 33.0. The van der Waals surface area contributed by atoms with Crippen molar-refractivity contribution in [1.29, 1.82) is 0 Å². The number of carbonyl (C=O) groups excluding carboxylic acids is 8. The summed E-state index contributed by atoms with van der Waals surface area (Å²) in [4.78, 5) is 156. The monoisotopic (exact) mass is 1320 g/mol. The largest absolute Gasteiger partial charge is 0.324 e. The van der Waals surface area contributed by atoms with Gasteiger partial charge in [0.25, 0.3) is 47.3 Å². The van der Waals surface area contributed by atoms with E-state index in [1.54, 1.807) is 97.1 Å². The molecule has 8 aromatic carbocycles. The first-order chi connectivity index (χ1) is 47.8. The van der Waals surface area contributed by atoms with Crippen LogP contribution >= 0.6 is 0 Å². The molecule has 0 aliphatic carbocycles. The number of amides is 8. The van der Waals surface area contributed by atoms with Gasteiger partial charge in [-0.25, -0.2) is 29.9 Å². The summed E-state index contributed by atoms with van der Waals surface area (Å²) in [6.45, 7) is 16.1. The molecule has 490 valence electrons. The molecule has 8 amide bonds. The molecule has 0 saturated heterocycles. The zero-order valence-electron chi connectivity index (χ0n) is 55.7. The van der Waals surface area contributed by atoms with Gasteiger partial charge >= 0.3 is 0 Å². The molecule has 0 atom stereocenters. The molecule has 11 aromatic rings. The number of nitrogens with one attached hydrogen (secondary N) is 2. The summed E-state index contributed by atoms with van der Waals surface area (Å²) >= 11 is 0. The third-order valence-electron chi connectivity index (χ3n) is 20.7. The Morgan fingerprint density at radius 3 is 0.730 bits per heavy atom. The summed E-state index contributed by atoms with van der Waals surface area (Å²) in [5.41, 5.74) is 6.68. The number of aromatic amines is 2. The maximum Gasteiger partial charge on any atom is 0.261 e. The van der Waals surface area contributed by atoms with Crippen molar-refractivity contribution < 1.29 is 38.4 Å². The summed E-state index contributed by atoms with van der Waals surface area (Å²) in [7, 11) is 0. The SMILES string of the molecule is CC(C)(CN1C(=O)c2ccccc2C1=O)c1ccc2c(c1)-c1nc-2nc2[nH]c(nc3nc(nc4[nH]c(n1)c1ccc(C(C)(C)CN5C(=O)c6ccccc6C5=O)cc41)-c1ccc(C(C)(C)CN4C(=O)c5ccccc5C4=O)cc1-3)c1ccc(C(C)(C)CN3C(=O)c4ccccc4C3=O)cc21. The predicted molar refractivity (Wildman–Crippen MR) is 375 cm³/mol. The molecule has 100 heavy (non-hydrogen) atoms. The highest BCUT2D eigenvalue weighted by atomic mass is 16.2. The molecule has 20 heteroatoms. The molecule has 0 unspecified atom stereocenters. The molecule has 9 heterocycles. The van der Waals surface area contributed by atoms with E-state index in [2.05, 4.69) is 9.97 Å². The lowest BCUT2D eigenvalue weighted by molar-refractivity contribution is 0.0609. The summed E-state index contributed by atoms with van der Waals surface area (Å²) in [5, 5.41) is 2.56. The van der Waals surface area contributed by atoms with Crippen LogP contribution < -0.4 is 0 Å². The van der Waals surface area contributed by atoms with Gasteiger partial charge in [-0.15, -0.1) is 0 Å². The second-order valence-electron chi connectivity index (χ2n) is 29.2. The van der Waals surface area contributed by atoms with Gasteiger partial charge in [-0.1, -0.05) is 152 Å². The lowest BCUT2D eigenvalue weighted by Gasteiger charge is -2.30. The molecule has 0 spiro atoms. The third-order valence-corrected chi connectivity index (χ3v) is 20.7. The Labute approximate surface area is 571 Å². The van der Waals surface area contributed by atoms with Gasteiger partial charge in [0.1, 0.15) is 22.6 Å². The Bertz CT molecular complexity index is 5330. The summed E-state index contributed by atoms with van der Waals surface area (Å²) in [6, 6.07) is 50.8. The number of H-pyrrole nitrogens is 2. The molecule has 8 bridgehead atoms. The second kappa shape index (κ2) is 21.6. The van der Waals surface area contributed by atoms with Crippen LogP contribution in [0.25, 0.3) is 89.7 Å². The average molecular weight is 1320 g/mol. The highest BCUT2D eigenvalue weighted by Gasteiger charge is 2.44. The molecule has 0 radical (unpaired) electrons. The molecule has 2 N–H and O–H groups in total. The third kappa shape index (κ3) is 9.40. The van der Waals surface area contributed by atoms with Gasteiger partial charge in [0.05, 0.1) is 44.5 Å². The Morgan fingerprint density at radius 1 is 0.250 bits per heavy atom. The lowest BCUT2D eigenvalue weighted by atomic mass is 9.82. The number of aromatic nitrogens is 8. The molecular weight excluding hydrogens is 1260 g/mol. The highest BCUT2D eigenvalue weighted by Crippen LogP contribution is 2.44. The van der Waals surface area contributed by atoms with Crippen LogP contribution in [0.2, 0.25) is 0 Å². The molecule has 20 nitrogen and oxygen atoms in total. The minimum atomic E-state index is -0.810. The number of imide groups is 4. The molecule has 0 saturated carbocycles. The van der Waals surface area contributed by atoms with E-state index in [1.165, 1.54) is 19.6 Å². The van der Waals surface area contributed by atoms with Gasteiger partial charge < -0.3 is 9.97 Å². The van der Waals surface area contributed by atoms with Crippen LogP contribution in [0.15, 0.2) is 170 Å². The van der Waals surface area contributed by atoms with E-state index in [0.717, 1.165) is 22.3 Å². The second-order valence-corrected chi connectivity index (χ2v) is 29.2. The number of fused-ring (bicyclic) bond motifs is 24. The number of carbonyl (C=O) groups is 8. The van der Waals surface area contributed by atoms with Crippen LogP contribution in [0.5, 0.6) is 0 Å². The van der Waals surface area contributed by atoms with Gasteiger partial charge in [0.2, 0.25) is 0 Å². The zero-order chi connectivity index (χ0) is 69.4. The van der Waals surface area contributed by atoms with Crippen LogP contribution in [-0.2, 0) is 21.7 Å². The fourth-order valence-corrected chi connectivity index (χ4v) is 15.0. The van der Waals surface area contributed by atoms with Crippen LogP contribution in [0.1, 0.15) is 161 Å². The topological polar surface area (TPSA) is 258 Å². The average Bonchev–Trinajstić information content (AvgIpc) is 1.58. The number of rotatable bonds is 12. The van der Waals surface area contributed by atoms with E-state index in [0.29, 0.717) is 111 Å². The van der Waals surface area contributed by atoms with Gasteiger partial charge in [0.15, 0.2) is 23.3 Å². The molecule has 17 rings (SSSR count). The highest BCUT2D eigenvalue weighted by molar-refractivity contribution is 6.24. The summed E-state index contributed by atoms with van der Waals surface area (Å²) in [5.74, 6) is -1.80. The molecule has 6 aliphatic rings. The Kier molecular flexibility index (Phi) is 13.2. The quantitative estimate of drug-likeness (QED) is 0.108. The van der Waals surface area contributed by atoms with E-state index in [9.17, 15) is 38.4 Å². The predicted octanol–water partition coefficient (Wildman–Crippen LogP) is 13.2. The fraction of sp³-hybridized carbons (Fsp3) is 0.200. The van der Waals surface area contributed by atoms with Gasteiger partial charge in [-0.3, -0.25) is 58.0 Å². The Hall–Kier alpha value is -12.3. The van der Waals surface area contributed by atoms with Crippen molar-refractivity contribution in [3.05, 3.63) is 237 Å². The Balaban J connectivity index is 0.869. The smallest absolute Gasteiger partial charge is 0.261 e. The minimum Gasteiger partial charge on any atom is -0.324 e. The lowest BCUT2D eigenvalue weighted by Crippen LogP contribution is -2.40. The van der Waals surface area contributed by atoms with Gasteiger partial charge in [0, 0.05) is 91.6 Å². The van der Waals surface area contributed by atoms with Crippen molar-refractivity contribution in [3.8, 4) is 45.6 Å². The van der Waals surface area contributed by atoms with Crippen molar-refractivity contribution >= 4 is 91.4 Å². The minimum absolute atomic E-state index is 0.0634. The molecule has 0 fully saturated rings. The van der Waals surface area contributed by atoms with Gasteiger partial charge in [-0.2, -0.15) is 0 Å². The Morgan fingerprint density at radius 2 is 0.470 bits per heavy atom. The van der Waals surface area contributed by atoms with Crippen molar-refractivity contribution in [2.24, 2.45) is 0 Å². The standard InChI is InChI=1S/C80H62N12O8/c1-77(2,37-89-69(93)49-17-9-10-18-50(49)70(89)94)41-25-29-45-57(33-41)65-81-61(45)86-66-59-35-43(79(5,6)39-91-73(97)53-21-13-14-22-54(53)74(91)98)27-31-47(59)63(83-66)88-68-60-36-44(80(7,8)40-92-75(99)55-23-15-16-24-56(55)76(92)100)28-32-48(60)64(84-68)87-67-58-34-42(26-30-46(58)62(82-67)85-65)78(3,4)38-90-71(95)51-19-11-12-20-52(51)72(90)96/h9-36H,37-40H2,1-8H3,(H2,81,82,83,84,85,86,87,88). The maximum absolute atomic E-state index is 13.9. The van der Waals surface area contributed by atoms with Crippen molar-refractivity contribution in [2.75, 3.05) is 26.2 Å². The van der Waals surface area contributed by atoms with E-state index in [-0.39, 0.29) is 96.7 Å². The maximum atomic E-state index is 13.9. The molecule has 3 aromatic heterocycles. The molecule has 6 aliphatic heterocycles. The van der Waals surface area contributed by atoms with Crippen molar-refractivity contribution in [1.82, 2.24) is 59.5 Å². The zero-order valence-corrected chi connectivity index (χ0v) is 55.7. The summed E-state index contributed by atoms with van der Waals surface area (Å²) in [6.07, 6.45) is 0. The summed E-state index contributed by atoms with van der Waals surface area (Å²) < 4.78 is 0. The first kappa shape index (κ1) is 61.3. The number of hydrogen-bond acceptors (Lipinski definition) is 14. The fourth-order valence-electron chi connectivity index (χ4n) is 15.0. The van der Waals surface area contributed by atoms with Crippen LogP contribution in [-0.4, -0.2) is 133 Å².